The van der Waals surface area contributed by atoms with Crippen LogP contribution in [0.1, 0.15) is 28.2 Å². The number of hydrogen-bond acceptors (Lipinski definition) is 6. The fourth-order valence-corrected chi connectivity index (χ4v) is 4.43. The minimum absolute atomic E-state index is 0.121. The largest absolute Gasteiger partial charge is 0.495 e. The SMILES string of the molecule is CNC(=O)c1ccc(NCC#Cc2nc3c(N[C@@H]4CCN(C)C[C@@H]4F)cccn3c2/C=C/C(F)(F)F)c(OC)c1. The lowest BCUT2D eigenvalue weighted by molar-refractivity contribution is -0.0790. The second-order valence-corrected chi connectivity index (χ2v) is 9.30. The molecule has 1 amide bonds. The van der Waals surface area contributed by atoms with Crippen LogP contribution in [0.4, 0.5) is 28.9 Å². The Hall–Kier alpha value is -4.24. The van der Waals surface area contributed by atoms with E-state index in [0.29, 0.717) is 34.8 Å². The van der Waals surface area contributed by atoms with Gasteiger partial charge in [0.25, 0.3) is 5.91 Å². The molecule has 40 heavy (non-hydrogen) atoms. The van der Waals surface area contributed by atoms with Crippen LogP contribution in [0.3, 0.4) is 0 Å². The zero-order valence-corrected chi connectivity index (χ0v) is 22.3. The fraction of sp³-hybridized carbons (Fsp3) is 0.357. The summed E-state index contributed by atoms with van der Waals surface area (Å²) in [6, 6.07) is 7.82. The number of imidazole rings is 1. The Morgan fingerprint density at radius 1 is 1.27 bits per heavy atom. The molecule has 0 aliphatic carbocycles. The molecule has 12 heteroatoms. The molecule has 3 aromatic rings. The number of carbonyl (C=O) groups excluding carboxylic acids is 1. The summed E-state index contributed by atoms with van der Waals surface area (Å²) in [7, 11) is 4.85. The number of anilines is 2. The highest BCUT2D eigenvalue weighted by atomic mass is 19.4. The number of aromatic nitrogens is 2. The molecule has 3 N–H and O–H groups in total. The third kappa shape index (κ3) is 6.84. The minimum atomic E-state index is -4.53. The molecule has 212 valence electrons. The maximum atomic E-state index is 14.7. The quantitative estimate of drug-likeness (QED) is 0.298. The summed E-state index contributed by atoms with van der Waals surface area (Å²) >= 11 is 0. The molecule has 0 bridgehead atoms. The van der Waals surface area contributed by atoms with E-state index in [1.54, 1.807) is 36.5 Å². The normalized spacial score (nSPS) is 17.9. The van der Waals surface area contributed by atoms with Gasteiger partial charge in [0.2, 0.25) is 0 Å². The topological polar surface area (TPSA) is 82.9 Å². The summed E-state index contributed by atoms with van der Waals surface area (Å²) in [6.45, 7) is 1.13. The number of piperidine rings is 1. The van der Waals surface area contributed by atoms with Gasteiger partial charge in [0.1, 0.15) is 17.6 Å². The number of nitrogens with one attached hydrogen (secondary N) is 3. The van der Waals surface area contributed by atoms with Crippen molar-refractivity contribution in [3.63, 3.8) is 0 Å². The van der Waals surface area contributed by atoms with Crippen LogP contribution >= 0.6 is 0 Å². The van der Waals surface area contributed by atoms with Crippen molar-refractivity contribution in [2.75, 3.05) is 51.5 Å². The van der Waals surface area contributed by atoms with Gasteiger partial charge in [-0.3, -0.25) is 9.20 Å². The van der Waals surface area contributed by atoms with Gasteiger partial charge < -0.3 is 25.6 Å². The molecule has 3 heterocycles. The van der Waals surface area contributed by atoms with Gasteiger partial charge in [0.05, 0.1) is 36.8 Å². The van der Waals surface area contributed by atoms with Crippen molar-refractivity contribution in [1.82, 2.24) is 19.6 Å². The molecular weight excluding hydrogens is 528 g/mol. The van der Waals surface area contributed by atoms with Crippen molar-refractivity contribution in [1.29, 1.82) is 0 Å². The minimum Gasteiger partial charge on any atom is -0.495 e. The van der Waals surface area contributed by atoms with Crippen LogP contribution in [-0.4, -0.2) is 79.4 Å². The van der Waals surface area contributed by atoms with Gasteiger partial charge in [-0.2, -0.15) is 13.2 Å². The highest BCUT2D eigenvalue weighted by Gasteiger charge is 2.28. The molecule has 2 atom stereocenters. The molecule has 0 saturated carbocycles. The molecule has 1 aliphatic rings. The Labute approximate surface area is 229 Å². The maximum absolute atomic E-state index is 14.7. The number of alkyl halides is 4. The molecule has 1 fully saturated rings. The molecule has 0 unspecified atom stereocenters. The van der Waals surface area contributed by atoms with Gasteiger partial charge >= 0.3 is 6.18 Å². The van der Waals surface area contributed by atoms with E-state index in [-0.39, 0.29) is 36.5 Å². The fourth-order valence-electron chi connectivity index (χ4n) is 4.43. The zero-order valence-electron chi connectivity index (χ0n) is 22.3. The Balaban J connectivity index is 1.61. The summed E-state index contributed by atoms with van der Waals surface area (Å²) < 4.78 is 60.7. The predicted molar refractivity (Wildman–Crippen MR) is 146 cm³/mol. The summed E-state index contributed by atoms with van der Waals surface area (Å²) in [4.78, 5) is 18.3. The first-order chi connectivity index (χ1) is 19.1. The van der Waals surface area contributed by atoms with Crippen molar-refractivity contribution >= 4 is 29.0 Å². The highest BCUT2D eigenvalue weighted by Crippen LogP contribution is 2.27. The van der Waals surface area contributed by atoms with Crippen LogP contribution in [0.15, 0.2) is 42.6 Å². The molecule has 1 aliphatic heterocycles. The number of pyridine rings is 1. The van der Waals surface area contributed by atoms with E-state index in [1.807, 2.05) is 11.9 Å². The maximum Gasteiger partial charge on any atom is 0.409 e. The summed E-state index contributed by atoms with van der Waals surface area (Å²) in [5, 5.41) is 8.81. The number of benzene rings is 1. The molecule has 2 aromatic heterocycles. The Bertz CT molecular complexity index is 1460. The molecular formula is C28H30F4N6O2. The third-order valence-electron chi connectivity index (χ3n) is 6.47. The molecule has 0 radical (unpaired) electrons. The van der Waals surface area contributed by atoms with Gasteiger partial charge in [-0.25, -0.2) is 9.37 Å². The molecule has 8 nitrogen and oxygen atoms in total. The van der Waals surface area contributed by atoms with Gasteiger partial charge in [0.15, 0.2) is 5.65 Å². The number of amides is 1. The van der Waals surface area contributed by atoms with Gasteiger partial charge in [-0.05, 0) is 55.8 Å². The van der Waals surface area contributed by atoms with E-state index in [2.05, 4.69) is 32.8 Å². The van der Waals surface area contributed by atoms with Crippen LogP contribution in [0.5, 0.6) is 5.75 Å². The number of allylic oxidation sites excluding steroid dienone is 1. The van der Waals surface area contributed by atoms with Gasteiger partial charge in [-0.1, -0.05) is 5.92 Å². The third-order valence-corrected chi connectivity index (χ3v) is 6.47. The molecule has 0 spiro atoms. The van der Waals surface area contributed by atoms with E-state index in [0.717, 1.165) is 12.6 Å². The van der Waals surface area contributed by atoms with Crippen molar-refractivity contribution < 1.29 is 27.1 Å². The molecule has 4 rings (SSSR count). The average Bonchev–Trinajstić information content (AvgIpc) is 3.28. The number of methoxy groups -OCH3 is 1. The van der Waals surface area contributed by atoms with Crippen molar-refractivity contribution in [2.24, 2.45) is 0 Å². The standard InChI is InChI=1S/C28H30F4N6O2/c1-33-27(39)18-8-9-22(25(16-18)40-3)34-13-4-6-21-24(10-12-28(30,31)32)38-14-5-7-23(26(38)36-21)35-20-11-15-37(2)17-19(20)29/h5,7-10,12,14,16,19-20,34-35H,11,13,15,17H2,1-3H3,(H,33,39)/b12-10+/t19-,20+/m0/s1. The first-order valence-corrected chi connectivity index (χ1v) is 12.6. The first-order valence-electron chi connectivity index (χ1n) is 12.6. The monoisotopic (exact) mass is 558 g/mol. The van der Waals surface area contributed by atoms with Gasteiger partial charge in [-0.15, -0.1) is 0 Å². The lowest BCUT2D eigenvalue weighted by Gasteiger charge is -2.33. The average molecular weight is 559 g/mol. The number of halogens is 4. The van der Waals surface area contributed by atoms with Crippen molar-refractivity contribution in [3.05, 3.63) is 59.6 Å². The summed E-state index contributed by atoms with van der Waals surface area (Å²) in [6.07, 6.45) is -2.41. The van der Waals surface area contributed by atoms with E-state index < -0.39 is 18.4 Å². The lowest BCUT2D eigenvalue weighted by Crippen LogP contribution is -2.46. The van der Waals surface area contributed by atoms with Crippen LogP contribution in [0.25, 0.3) is 11.7 Å². The summed E-state index contributed by atoms with van der Waals surface area (Å²) in [5.74, 6) is 5.91. The number of ether oxygens (including phenoxy) is 1. The number of carbonyl (C=O) groups is 1. The number of fused-ring (bicyclic) bond motifs is 1. The van der Waals surface area contributed by atoms with E-state index in [4.69, 9.17) is 4.74 Å². The van der Waals surface area contributed by atoms with Crippen LogP contribution in [-0.2, 0) is 0 Å². The predicted octanol–water partition coefficient (Wildman–Crippen LogP) is 4.20. The Morgan fingerprint density at radius 2 is 2.08 bits per heavy atom. The van der Waals surface area contributed by atoms with E-state index in [1.165, 1.54) is 18.6 Å². The smallest absolute Gasteiger partial charge is 0.409 e. The van der Waals surface area contributed by atoms with Crippen molar-refractivity contribution in [3.8, 4) is 17.6 Å². The number of likely N-dealkylation sites (tertiary alicyclic amines) is 1. The lowest BCUT2D eigenvalue weighted by atomic mass is 10.0. The van der Waals surface area contributed by atoms with Gasteiger partial charge in [0, 0.05) is 38.0 Å². The molecule has 1 saturated heterocycles. The number of nitrogens with zero attached hydrogens (tertiary/aromatic N) is 3. The van der Waals surface area contributed by atoms with Crippen LogP contribution in [0.2, 0.25) is 0 Å². The highest BCUT2D eigenvalue weighted by molar-refractivity contribution is 5.95. The number of hydrogen-bond donors (Lipinski definition) is 3. The Kier molecular flexibility index (Phi) is 8.84. The number of rotatable bonds is 7. The first kappa shape index (κ1) is 28.8. The summed E-state index contributed by atoms with van der Waals surface area (Å²) in [5.41, 5.74) is 2.15. The van der Waals surface area contributed by atoms with Crippen LogP contribution < -0.4 is 20.7 Å². The van der Waals surface area contributed by atoms with Crippen LogP contribution in [0, 0.1) is 11.8 Å². The molecule has 1 aromatic carbocycles. The Morgan fingerprint density at radius 3 is 2.77 bits per heavy atom. The second-order valence-electron chi connectivity index (χ2n) is 9.30. The van der Waals surface area contributed by atoms with E-state index in [9.17, 15) is 22.4 Å². The van der Waals surface area contributed by atoms with E-state index >= 15 is 0 Å². The second kappa shape index (κ2) is 12.3. The van der Waals surface area contributed by atoms with Crippen molar-refractivity contribution in [2.45, 2.75) is 24.8 Å². The zero-order chi connectivity index (χ0) is 28.9.